The van der Waals surface area contributed by atoms with Gasteiger partial charge in [-0.05, 0) is 12.1 Å². The van der Waals surface area contributed by atoms with Crippen LogP contribution in [0.3, 0.4) is 0 Å². The Hall–Kier alpha value is -1.72. The predicted molar refractivity (Wildman–Crippen MR) is 71.0 cm³/mol. The van der Waals surface area contributed by atoms with Crippen LogP contribution in [-0.2, 0) is 0 Å². The summed E-state index contributed by atoms with van der Waals surface area (Å²) in [5.41, 5.74) is 0.827. The molecule has 0 bridgehead atoms. The van der Waals surface area contributed by atoms with Crippen molar-refractivity contribution in [3.05, 3.63) is 35.4 Å². The molecule has 5 nitrogen and oxygen atoms in total. The summed E-state index contributed by atoms with van der Waals surface area (Å²) in [6, 6.07) is 6.97. The van der Waals surface area contributed by atoms with Gasteiger partial charge in [0.15, 0.2) is 0 Å². The number of carbonyl (C=O) groups is 2. The zero-order valence-corrected chi connectivity index (χ0v) is 11.1. The fourth-order valence-electron chi connectivity index (χ4n) is 2.05. The van der Waals surface area contributed by atoms with Gasteiger partial charge in [0.1, 0.15) is 0 Å². The number of rotatable bonds is 5. The Morgan fingerprint density at radius 2 is 1.68 bits per heavy atom. The van der Waals surface area contributed by atoms with Crippen molar-refractivity contribution >= 4 is 11.8 Å². The molecule has 0 fully saturated rings. The molecule has 102 valence electrons. The van der Waals surface area contributed by atoms with E-state index in [-0.39, 0.29) is 24.4 Å². The first kappa shape index (κ1) is 13.7. The van der Waals surface area contributed by atoms with E-state index in [0.717, 1.165) is 4.90 Å². The van der Waals surface area contributed by atoms with Crippen LogP contribution in [0, 0.1) is 0 Å². The average Bonchev–Trinajstić information content (AvgIpc) is 2.62. The zero-order chi connectivity index (χ0) is 14.0. The Bertz CT molecular complexity index is 464. The fraction of sp³-hybridized carbons (Fsp3) is 0.429. The van der Waals surface area contributed by atoms with Gasteiger partial charge in [-0.3, -0.25) is 14.5 Å². The van der Waals surface area contributed by atoms with Crippen LogP contribution in [-0.4, -0.2) is 47.1 Å². The Balaban J connectivity index is 2.04. The van der Waals surface area contributed by atoms with Crippen LogP contribution >= 0.6 is 0 Å². The van der Waals surface area contributed by atoms with Gasteiger partial charge in [-0.2, -0.15) is 0 Å². The van der Waals surface area contributed by atoms with Crippen LogP contribution in [0.5, 0.6) is 0 Å². The predicted octanol–water partition coefficient (Wildman–Crippen LogP) is 0.641. The number of amides is 2. The van der Waals surface area contributed by atoms with Gasteiger partial charge in [0.2, 0.25) is 0 Å². The molecule has 2 amide bonds. The van der Waals surface area contributed by atoms with E-state index in [1.54, 1.807) is 24.3 Å². The molecule has 0 aliphatic carbocycles. The van der Waals surface area contributed by atoms with Crippen LogP contribution in [0.1, 0.15) is 34.6 Å². The van der Waals surface area contributed by atoms with Gasteiger partial charge in [0.05, 0.1) is 23.8 Å². The molecule has 2 N–H and O–H groups in total. The minimum Gasteiger partial charge on any atom is -0.390 e. The Kier molecular flexibility index (Phi) is 3.97. The first-order valence-corrected chi connectivity index (χ1v) is 6.37. The molecule has 0 spiro atoms. The third-order valence-corrected chi connectivity index (χ3v) is 3.03. The fourth-order valence-corrected chi connectivity index (χ4v) is 2.05. The van der Waals surface area contributed by atoms with E-state index in [4.69, 9.17) is 0 Å². The van der Waals surface area contributed by atoms with Crippen LogP contribution in [0.25, 0.3) is 0 Å². The number of fused-ring (bicyclic) bond motifs is 1. The zero-order valence-electron chi connectivity index (χ0n) is 11.1. The quantitative estimate of drug-likeness (QED) is 0.764. The van der Waals surface area contributed by atoms with Crippen LogP contribution < -0.4 is 5.32 Å². The number of nitrogens with one attached hydrogen (secondary N) is 1. The van der Waals surface area contributed by atoms with E-state index in [1.807, 2.05) is 13.8 Å². The smallest absolute Gasteiger partial charge is 0.261 e. The molecule has 1 atom stereocenters. The van der Waals surface area contributed by atoms with E-state index < -0.39 is 6.10 Å². The lowest BCUT2D eigenvalue weighted by Gasteiger charge is -2.19. The van der Waals surface area contributed by atoms with Gasteiger partial charge in [0, 0.05) is 12.6 Å². The molecular weight excluding hydrogens is 244 g/mol. The lowest BCUT2D eigenvalue weighted by molar-refractivity contribution is 0.0542. The highest BCUT2D eigenvalue weighted by atomic mass is 16.3. The maximum absolute atomic E-state index is 12.1. The normalized spacial score (nSPS) is 16.1. The molecule has 2 rings (SSSR count). The molecular formula is C14H18N2O3. The molecule has 1 aliphatic heterocycles. The van der Waals surface area contributed by atoms with Crippen molar-refractivity contribution in [2.24, 2.45) is 0 Å². The van der Waals surface area contributed by atoms with Crippen LogP contribution in [0.4, 0.5) is 0 Å². The minimum atomic E-state index is -0.760. The molecule has 0 radical (unpaired) electrons. The average molecular weight is 262 g/mol. The van der Waals surface area contributed by atoms with Crippen molar-refractivity contribution < 1.29 is 14.7 Å². The number of nitrogens with zero attached hydrogens (tertiary/aromatic N) is 1. The maximum atomic E-state index is 12.1. The van der Waals surface area contributed by atoms with Crippen molar-refractivity contribution in [2.45, 2.75) is 26.0 Å². The van der Waals surface area contributed by atoms with E-state index in [0.29, 0.717) is 17.7 Å². The molecule has 0 saturated carbocycles. The van der Waals surface area contributed by atoms with Crippen LogP contribution in [0.15, 0.2) is 24.3 Å². The maximum Gasteiger partial charge on any atom is 0.261 e. The van der Waals surface area contributed by atoms with Gasteiger partial charge < -0.3 is 10.4 Å². The lowest BCUT2D eigenvalue weighted by atomic mass is 10.1. The SMILES string of the molecule is CC(C)NCC(O)CN1C(=O)c2ccccc2C1=O. The number of benzene rings is 1. The number of hydrogen-bond acceptors (Lipinski definition) is 4. The number of aliphatic hydroxyl groups excluding tert-OH is 1. The lowest BCUT2D eigenvalue weighted by Crippen LogP contribution is -2.42. The van der Waals surface area contributed by atoms with E-state index in [1.165, 1.54) is 0 Å². The monoisotopic (exact) mass is 262 g/mol. The number of hydrogen-bond donors (Lipinski definition) is 2. The summed E-state index contributed by atoms with van der Waals surface area (Å²) in [5.74, 6) is -0.659. The summed E-state index contributed by atoms with van der Waals surface area (Å²) < 4.78 is 0. The van der Waals surface area contributed by atoms with Crippen molar-refractivity contribution in [1.29, 1.82) is 0 Å². The molecule has 5 heteroatoms. The number of carbonyl (C=O) groups excluding carboxylic acids is 2. The van der Waals surface area contributed by atoms with Gasteiger partial charge >= 0.3 is 0 Å². The Labute approximate surface area is 112 Å². The highest BCUT2D eigenvalue weighted by Crippen LogP contribution is 2.22. The molecule has 1 aliphatic rings. The second-order valence-corrected chi connectivity index (χ2v) is 4.98. The summed E-state index contributed by atoms with van der Waals surface area (Å²) in [4.78, 5) is 25.2. The summed E-state index contributed by atoms with van der Waals surface area (Å²) in [6.07, 6.45) is -0.760. The van der Waals surface area contributed by atoms with Gasteiger partial charge in [-0.15, -0.1) is 0 Å². The van der Waals surface area contributed by atoms with Crippen LogP contribution in [0.2, 0.25) is 0 Å². The highest BCUT2D eigenvalue weighted by Gasteiger charge is 2.35. The first-order valence-electron chi connectivity index (χ1n) is 6.37. The summed E-state index contributed by atoms with van der Waals surface area (Å²) in [7, 11) is 0. The second-order valence-electron chi connectivity index (χ2n) is 4.98. The minimum absolute atomic E-state index is 0.0199. The van der Waals surface area contributed by atoms with Crippen molar-refractivity contribution in [3.8, 4) is 0 Å². The third-order valence-electron chi connectivity index (χ3n) is 3.03. The molecule has 19 heavy (non-hydrogen) atoms. The van der Waals surface area contributed by atoms with E-state index in [2.05, 4.69) is 5.32 Å². The summed E-state index contributed by atoms with van der Waals surface area (Å²) >= 11 is 0. The van der Waals surface area contributed by atoms with Gasteiger partial charge in [-0.1, -0.05) is 26.0 Å². The van der Waals surface area contributed by atoms with E-state index >= 15 is 0 Å². The first-order chi connectivity index (χ1) is 9.00. The summed E-state index contributed by atoms with van der Waals surface area (Å²) in [5, 5.41) is 12.9. The molecule has 0 aromatic heterocycles. The van der Waals surface area contributed by atoms with Crippen molar-refractivity contribution in [3.63, 3.8) is 0 Å². The number of imide groups is 1. The molecule has 0 saturated heterocycles. The third kappa shape index (κ3) is 2.83. The standard InChI is InChI=1S/C14H18N2O3/c1-9(2)15-7-10(17)8-16-13(18)11-5-3-4-6-12(11)14(16)19/h3-6,9-10,15,17H,7-8H2,1-2H3. The molecule has 1 aromatic rings. The number of aliphatic hydroxyl groups is 1. The van der Waals surface area contributed by atoms with Gasteiger partial charge in [-0.25, -0.2) is 0 Å². The van der Waals surface area contributed by atoms with Crippen molar-refractivity contribution in [1.82, 2.24) is 10.2 Å². The Morgan fingerprint density at radius 3 is 2.16 bits per heavy atom. The topological polar surface area (TPSA) is 69.6 Å². The molecule has 1 aromatic carbocycles. The second kappa shape index (κ2) is 5.50. The highest BCUT2D eigenvalue weighted by molar-refractivity contribution is 6.21. The summed E-state index contributed by atoms with van der Waals surface area (Å²) in [6.45, 7) is 4.31. The molecule has 1 unspecified atom stereocenters. The van der Waals surface area contributed by atoms with Crippen molar-refractivity contribution in [2.75, 3.05) is 13.1 Å². The van der Waals surface area contributed by atoms with Gasteiger partial charge in [0.25, 0.3) is 11.8 Å². The largest absolute Gasteiger partial charge is 0.390 e. The number of β-amino-alcohol motifs (C(OH)–C–C–N with tert-alkyl or cyclic N) is 1. The van der Waals surface area contributed by atoms with E-state index in [9.17, 15) is 14.7 Å². The molecule has 1 heterocycles. The Morgan fingerprint density at radius 1 is 1.16 bits per heavy atom.